The summed E-state index contributed by atoms with van der Waals surface area (Å²) in [6.45, 7) is 8.35. The molecule has 182 valence electrons. The number of halogens is 2. The Morgan fingerprint density at radius 1 is 1.26 bits per heavy atom. The number of nitrogens with zero attached hydrogens (tertiary/aromatic N) is 3. The number of rotatable bonds is 7. The molecule has 8 nitrogen and oxygen atoms in total. The predicted octanol–water partition coefficient (Wildman–Crippen LogP) is 3.07. The molecule has 4 rings (SSSR count). The maximum Gasteiger partial charge on any atom is 0.225 e. The Labute approximate surface area is 199 Å². The monoisotopic (exact) mass is 492 g/mol. The van der Waals surface area contributed by atoms with E-state index in [0.717, 1.165) is 21.6 Å². The third-order valence-corrected chi connectivity index (χ3v) is 6.38. The van der Waals surface area contributed by atoms with Crippen molar-refractivity contribution in [3.63, 3.8) is 0 Å². The molecule has 2 aromatic heterocycles. The summed E-state index contributed by atoms with van der Waals surface area (Å²) in [7, 11) is 0. The van der Waals surface area contributed by atoms with E-state index in [1.54, 1.807) is 6.07 Å². The van der Waals surface area contributed by atoms with Gasteiger partial charge in [0.25, 0.3) is 0 Å². The van der Waals surface area contributed by atoms with Crippen molar-refractivity contribution >= 4 is 24.0 Å². The molecule has 1 fully saturated rings. The predicted molar refractivity (Wildman–Crippen MR) is 122 cm³/mol. The van der Waals surface area contributed by atoms with Crippen molar-refractivity contribution in [2.75, 3.05) is 26.2 Å². The van der Waals surface area contributed by atoms with Crippen LogP contribution in [-0.4, -0.2) is 60.1 Å². The fraction of sp³-hybridized carbons (Fsp3) is 0.391. The summed E-state index contributed by atoms with van der Waals surface area (Å²) < 4.78 is 37.4. The van der Waals surface area contributed by atoms with Crippen molar-refractivity contribution in [2.45, 2.75) is 32.9 Å². The summed E-state index contributed by atoms with van der Waals surface area (Å²) >= 11 is 1.43. The number of aromatic nitrogens is 2. The fourth-order valence-electron chi connectivity index (χ4n) is 3.55. The fourth-order valence-corrected chi connectivity index (χ4v) is 4.56. The summed E-state index contributed by atoms with van der Waals surface area (Å²) in [4.78, 5) is 28.0. The van der Waals surface area contributed by atoms with E-state index < -0.39 is 11.6 Å². The summed E-state index contributed by atoms with van der Waals surface area (Å²) in [5, 5.41) is 7.63. The van der Waals surface area contributed by atoms with Crippen molar-refractivity contribution in [3.05, 3.63) is 57.8 Å². The van der Waals surface area contributed by atoms with Gasteiger partial charge in [-0.05, 0) is 31.5 Å². The molecule has 0 radical (unpaired) electrons. The second-order valence-corrected chi connectivity index (χ2v) is 8.89. The third-order valence-electron chi connectivity index (χ3n) is 5.20. The molecule has 0 spiro atoms. The molecule has 1 atom stereocenters. The zero-order valence-electron chi connectivity index (χ0n) is 19.0. The van der Waals surface area contributed by atoms with Crippen LogP contribution in [0.15, 0.2) is 28.8 Å². The quantitative estimate of drug-likeness (QED) is 0.541. The minimum Gasteiger partial charge on any atom is -0.374 e. The van der Waals surface area contributed by atoms with Gasteiger partial charge in [-0.1, -0.05) is 11.2 Å². The molecule has 3 heterocycles. The first-order valence-electron chi connectivity index (χ1n) is 10.6. The number of carbonyl (C=O) groups is 2. The van der Waals surface area contributed by atoms with E-state index in [4.69, 9.17) is 14.1 Å². The first kappa shape index (κ1) is 25.6. The first-order valence-corrected chi connectivity index (χ1v) is 11.4. The number of ether oxygens (including phenoxy) is 1. The molecule has 1 aliphatic rings. The Bertz CT molecular complexity index is 1120. The topological polar surface area (TPSA) is 97.6 Å². The van der Waals surface area contributed by atoms with Crippen LogP contribution in [0.3, 0.4) is 0 Å². The van der Waals surface area contributed by atoms with Crippen molar-refractivity contribution in [2.24, 2.45) is 0 Å². The molecule has 0 aliphatic carbocycles. The van der Waals surface area contributed by atoms with Gasteiger partial charge < -0.3 is 19.4 Å². The van der Waals surface area contributed by atoms with E-state index in [1.165, 1.54) is 17.4 Å². The largest absolute Gasteiger partial charge is 0.374 e. The number of nitrogens with one attached hydrogen (secondary N) is 1. The molecule has 1 aliphatic heterocycles. The van der Waals surface area contributed by atoms with E-state index in [0.29, 0.717) is 49.8 Å². The van der Waals surface area contributed by atoms with E-state index in [1.807, 2.05) is 26.7 Å². The number of hydrogen-bond donors (Lipinski definition) is 1. The smallest absolute Gasteiger partial charge is 0.225 e. The van der Waals surface area contributed by atoms with Gasteiger partial charge in [0.15, 0.2) is 11.6 Å². The molecular formula is C23H26F2N4O4S. The highest BCUT2D eigenvalue weighted by Gasteiger charge is 2.22. The molecule has 34 heavy (non-hydrogen) atoms. The molecule has 3 aromatic rings. The summed E-state index contributed by atoms with van der Waals surface area (Å²) in [5.41, 5.74) is 2.17. The number of benzene rings is 1. The van der Waals surface area contributed by atoms with Crippen LogP contribution in [0.2, 0.25) is 0 Å². The molecule has 1 saturated heterocycles. The van der Waals surface area contributed by atoms with Gasteiger partial charge in [-0.2, -0.15) is 0 Å². The van der Waals surface area contributed by atoms with Crippen LogP contribution in [0.4, 0.5) is 8.78 Å². The highest BCUT2D eigenvalue weighted by molar-refractivity contribution is 7.15. The molecule has 1 N–H and O–H groups in total. The average Bonchev–Trinajstić information content (AvgIpc) is 3.42. The van der Waals surface area contributed by atoms with E-state index in [2.05, 4.69) is 20.4 Å². The van der Waals surface area contributed by atoms with E-state index in [-0.39, 0.29) is 18.4 Å². The molecular weight excluding hydrogens is 466 g/mol. The Morgan fingerprint density at radius 2 is 2.06 bits per heavy atom. The van der Waals surface area contributed by atoms with Crippen LogP contribution >= 0.6 is 11.3 Å². The van der Waals surface area contributed by atoms with Crippen molar-refractivity contribution in [3.8, 4) is 10.7 Å². The van der Waals surface area contributed by atoms with Crippen LogP contribution in [0, 0.1) is 25.5 Å². The SMILES string of the molecule is C=O.Cc1cc(-c2nc(C)c(CC(=O)NC[C@H]3CN(Cc4ccc(F)c(F)c4)CCO3)s2)no1. The van der Waals surface area contributed by atoms with Gasteiger partial charge in [-0.3, -0.25) is 9.69 Å². The average molecular weight is 493 g/mol. The lowest BCUT2D eigenvalue weighted by Gasteiger charge is -2.33. The van der Waals surface area contributed by atoms with Crippen LogP contribution in [0.1, 0.15) is 21.9 Å². The normalized spacial score (nSPS) is 16.1. The molecule has 11 heteroatoms. The minimum atomic E-state index is -0.851. The van der Waals surface area contributed by atoms with Gasteiger partial charge >= 0.3 is 0 Å². The highest BCUT2D eigenvalue weighted by atomic mass is 32.1. The molecule has 1 amide bonds. The number of amides is 1. The summed E-state index contributed by atoms with van der Waals surface area (Å²) in [5.74, 6) is -1.10. The van der Waals surface area contributed by atoms with Gasteiger partial charge in [0.05, 0.1) is 24.8 Å². The van der Waals surface area contributed by atoms with E-state index in [9.17, 15) is 13.6 Å². The lowest BCUT2D eigenvalue weighted by molar-refractivity contribution is -0.121. The zero-order chi connectivity index (χ0) is 24.7. The van der Waals surface area contributed by atoms with Gasteiger partial charge in [-0.25, -0.2) is 13.8 Å². The second-order valence-electron chi connectivity index (χ2n) is 7.81. The first-order chi connectivity index (χ1) is 16.4. The maximum absolute atomic E-state index is 13.4. The number of hydrogen-bond acceptors (Lipinski definition) is 8. The van der Waals surface area contributed by atoms with Crippen LogP contribution in [0.25, 0.3) is 10.7 Å². The number of carbonyl (C=O) groups excluding carboxylic acids is 2. The number of aryl methyl sites for hydroxylation is 2. The van der Waals surface area contributed by atoms with Crippen LogP contribution in [0.5, 0.6) is 0 Å². The molecule has 0 unspecified atom stereocenters. The Balaban J connectivity index is 0.00000158. The Kier molecular flexibility index (Phi) is 8.97. The van der Waals surface area contributed by atoms with Crippen molar-refractivity contribution < 1.29 is 27.6 Å². The Hall–Kier alpha value is -3.02. The molecule has 0 bridgehead atoms. The maximum atomic E-state index is 13.4. The lowest BCUT2D eigenvalue weighted by Crippen LogP contribution is -2.47. The summed E-state index contributed by atoms with van der Waals surface area (Å²) in [6, 6.07) is 5.75. The van der Waals surface area contributed by atoms with Gasteiger partial charge in [0, 0.05) is 37.1 Å². The van der Waals surface area contributed by atoms with Crippen LogP contribution < -0.4 is 5.32 Å². The second kappa shape index (κ2) is 11.9. The van der Waals surface area contributed by atoms with Gasteiger partial charge in [-0.15, -0.1) is 11.3 Å². The third kappa shape index (κ3) is 6.75. The van der Waals surface area contributed by atoms with Crippen LogP contribution in [-0.2, 0) is 27.3 Å². The Morgan fingerprint density at radius 3 is 2.76 bits per heavy atom. The van der Waals surface area contributed by atoms with Crippen molar-refractivity contribution in [1.29, 1.82) is 0 Å². The molecule has 1 aromatic carbocycles. The molecule has 0 saturated carbocycles. The van der Waals surface area contributed by atoms with E-state index >= 15 is 0 Å². The lowest BCUT2D eigenvalue weighted by atomic mass is 10.1. The number of morpholine rings is 1. The number of thiazole rings is 1. The zero-order valence-corrected chi connectivity index (χ0v) is 19.8. The van der Waals surface area contributed by atoms with Gasteiger partial charge in [0.1, 0.15) is 23.3 Å². The summed E-state index contributed by atoms with van der Waals surface area (Å²) in [6.07, 6.45) is 0.0558. The van der Waals surface area contributed by atoms with Crippen molar-refractivity contribution in [1.82, 2.24) is 20.4 Å². The van der Waals surface area contributed by atoms with Gasteiger partial charge in [0.2, 0.25) is 5.91 Å². The standard InChI is InChI=1S/C22H24F2N4O3S.CH2O/c1-13-7-19(27-31-13)22-26-14(2)20(32-22)9-21(29)25-10-16-12-28(5-6-30-16)11-15-3-4-17(23)18(24)8-15;1-2/h3-4,7-8,16H,5-6,9-12H2,1-2H3,(H,25,29);1H2/t16-;/m0./s1. The minimum absolute atomic E-state index is 0.110. The highest BCUT2D eigenvalue weighted by Crippen LogP contribution is 2.27.